The van der Waals surface area contributed by atoms with Gasteiger partial charge in [-0.05, 0) is 49.5 Å². The van der Waals surface area contributed by atoms with Crippen molar-refractivity contribution in [2.75, 3.05) is 18.5 Å². The van der Waals surface area contributed by atoms with E-state index in [9.17, 15) is 4.79 Å². The summed E-state index contributed by atoms with van der Waals surface area (Å²) in [5.74, 6) is -0.159. The third kappa shape index (κ3) is 6.02. The number of hydrogen-bond donors (Lipinski definition) is 2. The Kier molecular flexibility index (Phi) is 8.51. The van der Waals surface area contributed by atoms with Crippen molar-refractivity contribution in [3.05, 3.63) is 29.3 Å². The smallest absolute Gasteiger partial charge is 0.305 e. The summed E-state index contributed by atoms with van der Waals surface area (Å²) < 4.78 is 4.89. The predicted molar refractivity (Wildman–Crippen MR) is 95.3 cm³/mol. The van der Waals surface area contributed by atoms with E-state index < -0.39 is 0 Å². The second-order valence-corrected chi connectivity index (χ2v) is 5.36. The third-order valence-electron chi connectivity index (χ3n) is 3.39. The van der Waals surface area contributed by atoms with Crippen LogP contribution >= 0.6 is 12.2 Å². The molecule has 0 heterocycles. The van der Waals surface area contributed by atoms with Crippen molar-refractivity contribution in [2.24, 2.45) is 0 Å². The van der Waals surface area contributed by atoms with Gasteiger partial charge >= 0.3 is 5.97 Å². The Balaban J connectivity index is 2.47. The molecule has 1 aromatic rings. The lowest BCUT2D eigenvalue weighted by Crippen LogP contribution is -2.30. The number of ether oxygens (including phenoxy) is 1. The number of thiocarbonyl (C=S) groups is 1. The molecule has 0 unspecified atom stereocenters. The summed E-state index contributed by atoms with van der Waals surface area (Å²) in [4.78, 5) is 11.2. The van der Waals surface area contributed by atoms with Gasteiger partial charge in [0.1, 0.15) is 0 Å². The molecule has 4 nitrogen and oxygen atoms in total. The molecule has 0 saturated carbocycles. The highest BCUT2D eigenvalue weighted by Gasteiger charge is 2.08. The Hall–Kier alpha value is -1.62. The summed E-state index contributed by atoms with van der Waals surface area (Å²) in [7, 11) is 0. The van der Waals surface area contributed by atoms with Crippen molar-refractivity contribution in [2.45, 2.75) is 46.5 Å². The molecule has 0 fully saturated rings. The molecule has 0 amide bonds. The minimum atomic E-state index is -0.159. The van der Waals surface area contributed by atoms with E-state index in [1.807, 2.05) is 6.92 Å². The van der Waals surface area contributed by atoms with Gasteiger partial charge in [0.25, 0.3) is 0 Å². The van der Waals surface area contributed by atoms with Gasteiger partial charge < -0.3 is 15.4 Å². The lowest BCUT2D eigenvalue weighted by atomic mass is 10.0. The van der Waals surface area contributed by atoms with Gasteiger partial charge in [-0.1, -0.05) is 32.0 Å². The van der Waals surface area contributed by atoms with E-state index >= 15 is 0 Å². The summed E-state index contributed by atoms with van der Waals surface area (Å²) >= 11 is 5.34. The average molecular weight is 322 g/mol. The van der Waals surface area contributed by atoms with Gasteiger partial charge in [0.05, 0.1) is 6.61 Å². The van der Waals surface area contributed by atoms with Crippen molar-refractivity contribution >= 4 is 29.0 Å². The molecule has 2 N–H and O–H groups in total. The number of aryl methyl sites for hydroxylation is 2. The molecule has 0 atom stereocenters. The molecule has 1 aromatic carbocycles. The Morgan fingerprint density at radius 3 is 2.36 bits per heavy atom. The van der Waals surface area contributed by atoms with Crippen LogP contribution in [0.15, 0.2) is 18.2 Å². The second-order valence-electron chi connectivity index (χ2n) is 4.95. The number of anilines is 1. The maximum absolute atomic E-state index is 11.2. The molecule has 0 spiro atoms. The highest BCUT2D eigenvalue weighted by Crippen LogP contribution is 2.22. The van der Waals surface area contributed by atoms with E-state index in [1.54, 1.807) is 0 Å². The minimum Gasteiger partial charge on any atom is -0.466 e. The fourth-order valence-corrected chi connectivity index (χ4v) is 2.43. The molecule has 0 aliphatic carbocycles. The monoisotopic (exact) mass is 322 g/mol. The normalized spacial score (nSPS) is 10.1. The molecule has 5 heteroatoms. The number of para-hydroxylation sites is 1. The molecule has 1 rings (SSSR count). The number of carbonyl (C=O) groups excluding carboxylic acids is 1. The Labute approximate surface area is 138 Å². The van der Waals surface area contributed by atoms with Crippen LogP contribution in [0.1, 0.15) is 44.7 Å². The number of nitrogens with one attached hydrogen (secondary N) is 2. The van der Waals surface area contributed by atoms with Crippen LogP contribution in [-0.2, 0) is 22.4 Å². The van der Waals surface area contributed by atoms with Gasteiger partial charge in [-0.15, -0.1) is 0 Å². The molecular formula is C17H26N2O2S. The zero-order valence-corrected chi connectivity index (χ0v) is 14.5. The van der Waals surface area contributed by atoms with Crippen LogP contribution < -0.4 is 10.6 Å². The number of hydrogen-bond acceptors (Lipinski definition) is 3. The lowest BCUT2D eigenvalue weighted by molar-refractivity contribution is -0.143. The Morgan fingerprint density at radius 1 is 1.18 bits per heavy atom. The fourth-order valence-electron chi connectivity index (χ4n) is 2.23. The molecule has 122 valence electrons. The van der Waals surface area contributed by atoms with Gasteiger partial charge in [-0.25, -0.2) is 0 Å². The van der Waals surface area contributed by atoms with Crippen molar-refractivity contribution < 1.29 is 9.53 Å². The zero-order chi connectivity index (χ0) is 16.4. The van der Waals surface area contributed by atoms with Crippen LogP contribution in [0.2, 0.25) is 0 Å². The first-order chi connectivity index (χ1) is 10.6. The number of benzene rings is 1. The fraction of sp³-hybridized carbons (Fsp3) is 0.529. The van der Waals surface area contributed by atoms with Crippen LogP contribution in [0.3, 0.4) is 0 Å². The van der Waals surface area contributed by atoms with Gasteiger partial charge in [0.2, 0.25) is 0 Å². The molecule has 0 bridgehead atoms. The first-order valence-corrected chi connectivity index (χ1v) is 8.34. The topological polar surface area (TPSA) is 50.4 Å². The largest absolute Gasteiger partial charge is 0.466 e. The first kappa shape index (κ1) is 18.4. The molecule has 0 aliphatic heterocycles. The quantitative estimate of drug-likeness (QED) is 0.436. The van der Waals surface area contributed by atoms with E-state index in [-0.39, 0.29) is 5.97 Å². The molecular weight excluding hydrogens is 296 g/mol. The van der Waals surface area contributed by atoms with Gasteiger partial charge in [-0.3, -0.25) is 4.79 Å². The van der Waals surface area contributed by atoms with Gasteiger partial charge in [0.15, 0.2) is 5.11 Å². The highest BCUT2D eigenvalue weighted by molar-refractivity contribution is 7.80. The summed E-state index contributed by atoms with van der Waals surface area (Å²) in [6, 6.07) is 6.31. The van der Waals surface area contributed by atoms with E-state index in [2.05, 4.69) is 42.7 Å². The predicted octanol–water partition coefficient (Wildman–Crippen LogP) is 3.44. The van der Waals surface area contributed by atoms with Crippen molar-refractivity contribution in [3.63, 3.8) is 0 Å². The van der Waals surface area contributed by atoms with Crippen LogP contribution in [0.25, 0.3) is 0 Å². The summed E-state index contributed by atoms with van der Waals surface area (Å²) in [5.41, 5.74) is 3.63. The zero-order valence-electron chi connectivity index (χ0n) is 13.7. The highest BCUT2D eigenvalue weighted by atomic mass is 32.1. The van der Waals surface area contributed by atoms with Crippen LogP contribution in [-0.4, -0.2) is 24.2 Å². The summed E-state index contributed by atoms with van der Waals surface area (Å²) in [5, 5.41) is 7.04. The van der Waals surface area contributed by atoms with Crippen LogP contribution in [0.5, 0.6) is 0 Å². The van der Waals surface area contributed by atoms with Gasteiger partial charge in [-0.2, -0.15) is 0 Å². The van der Waals surface area contributed by atoms with E-state index in [0.29, 0.717) is 31.1 Å². The van der Waals surface area contributed by atoms with E-state index in [0.717, 1.165) is 18.5 Å². The number of rotatable bonds is 8. The molecule has 0 radical (unpaired) electrons. The van der Waals surface area contributed by atoms with Crippen molar-refractivity contribution in [1.29, 1.82) is 0 Å². The number of esters is 1. The SMILES string of the molecule is CCOC(=O)CCCNC(=S)Nc1c(CC)cccc1CC. The van der Waals surface area contributed by atoms with E-state index in [4.69, 9.17) is 17.0 Å². The maximum atomic E-state index is 11.2. The van der Waals surface area contributed by atoms with Crippen molar-refractivity contribution in [3.8, 4) is 0 Å². The van der Waals surface area contributed by atoms with Gasteiger partial charge in [0, 0.05) is 18.7 Å². The lowest BCUT2D eigenvalue weighted by Gasteiger charge is -2.16. The Morgan fingerprint density at radius 2 is 1.82 bits per heavy atom. The maximum Gasteiger partial charge on any atom is 0.305 e. The Bertz CT molecular complexity index is 481. The number of carbonyl (C=O) groups is 1. The summed E-state index contributed by atoms with van der Waals surface area (Å²) in [6.45, 7) is 7.16. The molecule has 22 heavy (non-hydrogen) atoms. The molecule has 0 saturated heterocycles. The van der Waals surface area contributed by atoms with Crippen LogP contribution in [0.4, 0.5) is 5.69 Å². The summed E-state index contributed by atoms with van der Waals surface area (Å²) in [6.07, 6.45) is 3.04. The van der Waals surface area contributed by atoms with Crippen LogP contribution in [0, 0.1) is 0 Å². The standard InChI is InChI=1S/C17H26N2O2S/c1-4-13-9-7-10-14(5-2)16(13)19-17(22)18-12-8-11-15(20)21-6-3/h7,9-10H,4-6,8,11-12H2,1-3H3,(H2,18,19,22). The minimum absolute atomic E-state index is 0.159. The van der Waals surface area contributed by atoms with Crippen molar-refractivity contribution in [1.82, 2.24) is 5.32 Å². The molecule has 0 aromatic heterocycles. The van der Waals surface area contributed by atoms with E-state index in [1.165, 1.54) is 11.1 Å². The average Bonchev–Trinajstić information content (AvgIpc) is 2.52. The molecule has 0 aliphatic rings. The third-order valence-corrected chi connectivity index (χ3v) is 3.63. The second kappa shape index (κ2) is 10.2. The first-order valence-electron chi connectivity index (χ1n) is 7.93.